The van der Waals surface area contributed by atoms with Gasteiger partial charge in [-0.2, -0.15) is 4.33 Å². The Morgan fingerprint density at radius 2 is 1.45 bits per heavy atom. The first kappa shape index (κ1) is 26.4. The topological polar surface area (TPSA) is 169 Å². The number of hydrogen-bond donors (Lipinski definition) is 0. The van der Waals surface area contributed by atoms with E-state index in [2.05, 4.69) is 19.0 Å². The van der Waals surface area contributed by atoms with E-state index in [0.29, 0.717) is 22.2 Å². The second-order valence-corrected chi connectivity index (χ2v) is 6.06. The molecule has 29 heavy (non-hydrogen) atoms. The van der Waals surface area contributed by atoms with Crippen molar-refractivity contribution in [2.45, 2.75) is 58.6 Å². The summed E-state index contributed by atoms with van der Waals surface area (Å²) >= 11 is 0.396. The molecule has 2 heterocycles. The first-order chi connectivity index (χ1) is 13.2. The van der Waals surface area contributed by atoms with Crippen LogP contribution in [-0.2, 0) is 47.8 Å². The number of carbonyl (C=O) groups excluding carboxylic acids is 6. The second-order valence-electron chi connectivity index (χ2n) is 5.17. The van der Waals surface area contributed by atoms with E-state index in [9.17, 15) is 34.0 Å². The molecule has 0 saturated carbocycles. The molecule has 0 N–H and O–H groups in total. The van der Waals surface area contributed by atoms with Crippen molar-refractivity contribution >= 4 is 47.6 Å². The average molecular weight is 437 g/mol. The molecule has 0 radical (unpaired) electrons. The maximum absolute atomic E-state index is 11.4. The number of hydrogen-bond acceptors (Lipinski definition) is 12. The molecule has 2 aliphatic rings. The van der Waals surface area contributed by atoms with Crippen molar-refractivity contribution in [3.05, 3.63) is 0 Å². The molecule has 164 valence electrons. The van der Waals surface area contributed by atoms with E-state index in [4.69, 9.17) is 0 Å². The molecular formula is C15H21N2O11S-. The lowest BCUT2D eigenvalue weighted by atomic mass is 10.4. The quantitative estimate of drug-likeness (QED) is 0.217. The van der Waals surface area contributed by atoms with Gasteiger partial charge in [-0.25, -0.2) is 9.59 Å². The van der Waals surface area contributed by atoms with Gasteiger partial charge in [0.05, 0.1) is 6.42 Å². The third kappa shape index (κ3) is 7.77. The summed E-state index contributed by atoms with van der Waals surface area (Å²) in [6.07, 6.45) is 0.238. The maximum Gasteiger partial charge on any atom is 0.332 e. The molecule has 1 atom stereocenters. The van der Waals surface area contributed by atoms with Gasteiger partial charge in [-0.15, -0.1) is 10.1 Å². The van der Waals surface area contributed by atoms with Crippen molar-refractivity contribution in [2.24, 2.45) is 0 Å². The van der Waals surface area contributed by atoms with E-state index < -0.39 is 40.8 Å². The summed E-state index contributed by atoms with van der Waals surface area (Å²) in [6.45, 7) is 3.11. The molecule has 0 aliphatic carbocycles. The summed E-state index contributed by atoms with van der Waals surface area (Å²) in [5, 5.41) is 12.6. The first-order valence-electron chi connectivity index (χ1n) is 8.01. The highest BCUT2D eigenvalue weighted by atomic mass is 32.2. The number of amides is 4. The van der Waals surface area contributed by atoms with E-state index >= 15 is 0 Å². The smallest absolute Gasteiger partial charge is 0.332 e. The van der Waals surface area contributed by atoms with Crippen LogP contribution in [0.25, 0.3) is 0 Å². The highest BCUT2D eigenvalue weighted by Gasteiger charge is 2.42. The van der Waals surface area contributed by atoms with Gasteiger partial charge >= 0.3 is 11.9 Å². The Balaban J connectivity index is 0.000000542. The van der Waals surface area contributed by atoms with Crippen molar-refractivity contribution < 1.29 is 53.1 Å². The first-order valence-corrected chi connectivity index (χ1v) is 8.81. The number of hydroxylamine groups is 4. The van der Waals surface area contributed by atoms with Crippen LogP contribution in [0.5, 0.6) is 0 Å². The zero-order chi connectivity index (χ0) is 21.3. The highest BCUT2D eigenvalue weighted by molar-refractivity contribution is 7.96. The monoisotopic (exact) mass is 437 g/mol. The molecular weight excluding hydrogens is 416 g/mol. The highest BCUT2D eigenvalue weighted by Crippen LogP contribution is 2.26. The molecule has 0 aromatic heterocycles. The van der Waals surface area contributed by atoms with Gasteiger partial charge in [-0.05, 0) is 0 Å². The fraction of sp³-hybridized carbons (Fsp3) is 0.600. The van der Waals surface area contributed by atoms with Gasteiger partial charge in [0.15, 0.2) is 0 Å². The van der Waals surface area contributed by atoms with Gasteiger partial charge in [-0.3, -0.25) is 24.2 Å². The average Bonchev–Trinajstić information content (AvgIpc) is 3.13. The predicted octanol–water partition coefficient (Wildman–Crippen LogP) is -0.506. The molecule has 0 aromatic rings. The minimum Gasteiger partial charge on any atom is -0.691 e. The molecule has 2 fully saturated rings. The predicted molar refractivity (Wildman–Crippen MR) is 90.6 cm³/mol. The van der Waals surface area contributed by atoms with E-state index in [1.807, 2.05) is 0 Å². The Labute approximate surface area is 170 Å². The Bertz CT molecular complexity index is 638. The molecule has 2 aliphatic heterocycles. The molecule has 1 unspecified atom stereocenters. The Morgan fingerprint density at radius 3 is 1.90 bits per heavy atom. The zero-order valence-corrected chi connectivity index (χ0v) is 15.7. The van der Waals surface area contributed by atoms with Crippen LogP contribution in [0.3, 0.4) is 0 Å². The lowest BCUT2D eigenvalue weighted by molar-refractivity contribution is -0.777. The molecule has 13 nitrogen and oxygen atoms in total. The van der Waals surface area contributed by atoms with E-state index in [-0.39, 0.29) is 39.5 Å². The van der Waals surface area contributed by atoms with Crippen LogP contribution < -0.4 is 5.26 Å². The molecule has 0 spiro atoms. The van der Waals surface area contributed by atoms with Crippen molar-refractivity contribution in [1.29, 1.82) is 0 Å². The van der Waals surface area contributed by atoms with Crippen LogP contribution in [0.2, 0.25) is 0 Å². The van der Waals surface area contributed by atoms with E-state index in [1.165, 1.54) is 6.92 Å². The normalized spacial score (nSPS) is 18.2. The second kappa shape index (κ2) is 12.8. The lowest BCUT2D eigenvalue weighted by Gasteiger charge is -2.12. The van der Waals surface area contributed by atoms with Crippen LogP contribution in [-0.4, -0.2) is 50.9 Å². The zero-order valence-electron chi connectivity index (χ0n) is 14.9. The van der Waals surface area contributed by atoms with E-state index in [1.54, 1.807) is 6.92 Å². The maximum atomic E-state index is 11.4. The summed E-state index contributed by atoms with van der Waals surface area (Å²) in [5.41, 5.74) is 0. The van der Waals surface area contributed by atoms with Gasteiger partial charge in [0.2, 0.25) is 0 Å². The molecule has 4 amide bonds. The lowest BCUT2D eigenvalue weighted by Crippen LogP contribution is -2.33. The van der Waals surface area contributed by atoms with Crippen LogP contribution in [0, 0.1) is 0 Å². The van der Waals surface area contributed by atoms with Crippen molar-refractivity contribution in [3.8, 4) is 0 Å². The third-order valence-corrected chi connectivity index (χ3v) is 3.95. The van der Waals surface area contributed by atoms with Crippen LogP contribution in [0.15, 0.2) is 0 Å². The minimum absolute atomic E-state index is 0. The fourth-order valence-corrected chi connectivity index (χ4v) is 2.32. The van der Waals surface area contributed by atoms with E-state index in [0.717, 1.165) is 0 Å². The number of carbonyl (C=O) groups is 6. The molecule has 0 aromatic carbocycles. The minimum atomic E-state index is -0.939. The Morgan fingerprint density at radius 1 is 0.966 bits per heavy atom. The van der Waals surface area contributed by atoms with Gasteiger partial charge in [-0.1, -0.05) is 21.3 Å². The van der Waals surface area contributed by atoms with Gasteiger partial charge < -0.3 is 14.9 Å². The van der Waals surface area contributed by atoms with Crippen LogP contribution in [0.4, 0.5) is 0 Å². The Kier molecular flexibility index (Phi) is 11.7. The Hall–Kier alpha value is -2.55. The molecule has 0 bridgehead atoms. The summed E-state index contributed by atoms with van der Waals surface area (Å²) in [5.74, 6) is -3.58. The summed E-state index contributed by atoms with van der Waals surface area (Å²) in [7, 11) is 0. The molecule has 14 heteroatoms. The largest absolute Gasteiger partial charge is 0.691 e. The summed E-state index contributed by atoms with van der Waals surface area (Å²) in [4.78, 5) is 75.0. The van der Waals surface area contributed by atoms with Crippen molar-refractivity contribution in [3.63, 3.8) is 0 Å². The fourth-order valence-electron chi connectivity index (χ4n) is 1.81. The van der Waals surface area contributed by atoms with Gasteiger partial charge in [0, 0.05) is 37.7 Å². The van der Waals surface area contributed by atoms with Crippen LogP contribution >= 0.6 is 12.0 Å². The van der Waals surface area contributed by atoms with Gasteiger partial charge in [0.25, 0.3) is 23.6 Å². The molecule has 2 saturated heterocycles. The van der Waals surface area contributed by atoms with Crippen molar-refractivity contribution in [1.82, 2.24) is 10.1 Å². The van der Waals surface area contributed by atoms with Crippen LogP contribution in [0.1, 0.15) is 53.4 Å². The number of imide groups is 2. The third-order valence-electron chi connectivity index (χ3n) is 3.21. The SMILES string of the molecule is C.CCC(=O)ON1C(=O)CC(SOO[O-])C1=O.CCC(=O)ON1C(=O)CCC1=O. The molecule has 2 rings (SSSR count). The summed E-state index contributed by atoms with van der Waals surface area (Å²) < 4.78 is 3.94. The number of nitrogens with zero attached hydrogens (tertiary/aromatic N) is 2. The number of rotatable bonds is 7. The van der Waals surface area contributed by atoms with Gasteiger partial charge in [0.1, 0.15) is 5.25 Å². The van der Waals surface area contributed by atoms with Crippen molar-refractivity contribution in [2.75, 3.05) is 0 Å². The standard InChI is InChI=1S/C7H9NO7S.C7H9NO4.CH4/c1-2-6(10)13-8-5(9)3-4(7(8)11)16-15-14-12;1-2-7(11)12-8-5(9)3-4-6(8)10;/h4,12H,2-3H2,1H3;2-4H2,1H3;1H4/p-1. The summed E-state index contributed by atoms with van der Waals surface area (Å²) in [6, 6.07) is 0.